The smallest absolute Gasteiger partial charge is 0.469 e. The van der Waals surface area contributed by atoms with Crippen LogP contribution in [-0.4, -0.2) is 54.9 Å². The van der Waals surface area contributed by atoms with Gasteiger partial charge in [0.25, 0.3) is 0 Å². The molecule has 1 amide bonds. The third kappa shape index (κ3) is 7.85. The van der Waals surface area contributed by atoms with Crippen LogP contribution in [0.3, 0.4) is 0 Å². The second kappa shape index (κ2) is 12.5. The Bertz CT molecular complexity index is 1100. The second-order valence-electron chi connectivity index (χ2n) is 9.99. The number of rotatable bonds is 9. The lowest BCUT2D eigenvalue weighted by atomic mass is 9.82. The fourth-order valence-electron chi connectivity index (χ4n) is 5.29. The fraction of sp³-hybridized carbons (Fsp3) is 0.536. The number of aromatic nitrogens is 1. The zero-order chi connectivity index (χ0) is 27.1. The monoisotopic (exact) mass is 533 g/mol. The van der Waals surface area contributed by atoms with Crippen molar-refractivity contribution in [1.29, 1.82) is 0 Å². The van der Waals surface area contributed by atoms with Crippen molar-refractivity contribution in [1.82, 2.24) is 9.88 Å². The highest BCUT2D eigenvalue weighted by Gasteiger charge is 2.31. The first kappa shape index (κ1) is 27.7. The molecule has 1 saturated heterocycles. The molecule has 3 heterocycles. The first-order chi connectivity index (χ1) is 18.2. The summed E-state index contributed by atoms with van der Waals surface area (Å²) in [5, 5.41) is 3.33. The van der Waals surface area contributed by atoms with E-state index in [-0.39, 0.29) is 35.9 Å². The van der Waals surface area contributed by atoms with Gasteiger partial charge in [0.2, 0.25) is 5.91 Å². The van der Waals surface area contributed by atoms with E-state index in [0.29, 0.717) is 32.4 Å². The predicted octanol–water partition coefficient (Wildman–Crippen LogP) is 5.25. The van der Waals surface area contributed by atoms with Crippen molar-refractivity contribution in [2.24, 2.45) is 5.92 Å². The molecule has 2 aliphatic rings. The van der Waals surface area contributed by atoms with Crippen LogP contribution in [0.1, 0.15) is 61.3 Å². The first-order valence-corrected chi connectivity index (χ1v) is 13.1. The van der Waals surface area contributed by atoms with E-state index in [1.165, 1.54) is 24.8 Å². The number of carbonyl (C=O) groups is 2. The van der Waals surface area contributed by atoms with Crippen molar-refractivity contribution in [3.8, 4) is 5.75 Å². The molecule has 206 valence electrons. The van der Waals surface area contributed by atoms with Crippen LogP contribution in [0.2, 0.25) is 0 Å². The highest BCUT2D eigenvalue weighted by molar-refractivity contribution is 5.76. The quantitative estimate of drug-likeness (QED) is 0.444. The van der Waals surface area contributed by atoms with Crippen LogP contribution < -0.4 is 10.1 Å². The maximum absolute atomic E-state index is 12.9. The van der Waals surface area contributed by atoms with E-state index in [4.69, 9.17) is 4.74 Å². The summed E-state index contributed by atoms with van der Waals surface area (Å²) < 4.78 is 46.3. The maximum atomic E-state index is 12.9. The number of nitrogens with one attached hydrogen (secondary N) is 1. The number of benzene rings is 1. The normalized spacial score (nSPS) is 16.8. The highest BCUT2D eigenvalue weighted by atomic mass is 19.4. The topological polar surface area (TPSA) is 80.8 Å². The molecule has 0 saturated carbocycles. The fourth-order valence-corrected chi connectivity index (χ4v) is 5.29. The Morgan fingerprint density at radius 2 is 1.87 bits per heavy atom. The Morgan fingerprint density at radius 3 is 2.55 bits per heavy atom. The summed E-state index contributed by atoms with van der Waals surface area (Å²) in [6, 6.07) is 9.77. The van der Waals surface area contributed by atoms with Gasteiger partial charge >= 0.3 is 12.3 Å². The van der Waals surface area contributed by atoms with Gasteiger partial charge in [-0.15, -0.1) is 13.2 Å². The maximum Gasteiger partial charge on any atom is 0.573 e. The second-order valence-corrected chi connectivity index (χ2v) is 9.99. The van der Waals surface area contributed by atoms with E-state index in [1.54, 1.807) is 12.1 Å². The van der Waals surface area contributed by atoms with Gasteiger partial charge in [0.1, 0.15) is 11.6 Å². The lowest BCUT2D eigenvalue weighted by molar-refractivity contribution is -0.274. The van der Waals surface area contributed by atoms with Crippen LogP contribution in [-0.2, 0) is 27.2 Å². The zero-order valence-electron chi connectivity index (χ0n) is 21.6. The number of carbonyl (C=O) groups excluding carboxylic acids is 2. The number of aryl methyl sites for hydroxylation is 2. The van der Waals surface area contributed by atoms with E-state index in [9.17, 15) is 22.8 Å². The molecule has 1 unspecified atom stereocenters. The van der Waals surface area contributed by atoms with Crippen LogP contribution >= 0.6 is 0 Å². The Hall–Kier alpha value is -3.30. The summed E-state index contributed by atoms with van der Waals surface area (Å²) in [5.41, 5.74) is 2.90. The van der Waals surface area contributed by atoms with E-state index in [1.807, 2.05) is 11.0 Å². The van der Waals surface area contributed by atoms with Crippen LogP contribution in [0.15, 0.2) is 36.4 Å². The molecule has 1 atom stereocenters. The number of nitrogens with zero attached hydrogens (tertiary/aromatic N) is 2. The summed E-state index contributed by atoms with van der Waals surface area (Å²) in [7, 11) is 1.32. The van der Waals surface area contributed by atoms with Gasteiger partial charge in [0.15, 0.2) is 0 Å². The van der Waals surface area contributed by atoms with Crippen molar-refractivity contribution in [2.45, 2.75) is 63.6 Å². The van der Waals surface area contributed by atoms with E-state index < -0.39 is 6.36 Å². The Morgan fingerprint density at radius 1 is 1.13 bits per heavy atom. The molecule has 1 fully saturated rings. The molecule has 7 nitrogen and oxygen atoms in total. The molecule has 10 heteroatoms. The molecule has 4 rings (SSSR count). The number of likely N-dealkylation sites (tertiary alicyclic amines) is 1. The molecular formula is C28H34F3N3O4. The number of ether oxygens (including phenoxy) is 2. The number of hydrogen-bond donors (Lipinski definition) is 1. The van der Waals surface area contributed by atoms with Gasteiger partial charge in [-0.2, -0.15) is 0 Å². The van der Waals surface area contributed by atoms with Crippen LogP contribution in [0, 0.1) is 5.92 Å². The SMILES string of the molecule is COC(=O)CC(CC1CCN(C(=O)CCc2ccc3c(n2)NCCC3)CC1)c1ccc(OC(F)(F)F)cc1. The summed E-state index contributed by atoms with van der Waals surface area (Å²) in [6.45, 7) is 2.22. The molecule has 2 aliphatic heterocycles. The number of alkyl halides is 3. The van der Waals surface area contributed by atoms with Gasteiger partial charge < -0.3 is 19.7 Å². The van der Waals surface area contributed by atoms with Crippen molar-refractivity contribution in [3.63, 3.8) is 0 Å². The summed E-state index contributed by atoms with van der Waals surface area (Å²) in [6.07, 6.45) is 0.819. The van der Waals surface area contributed by atoms with Crippen molar-refractivity contribution < 1.29 is 32.2 Å². The number of amides is 1. The highest BCUT2D eigenvalue weighted by Crippen LogP contribution is 2.34. The van der Waals surface area contributed by atoms with Crippen molar-refractivity contribution in [3.05, 3.63) is 53.2 Å². The van der Waals surface area contributed by atoms with Crippen LogP contribution in [0.5, 0.6) is 5.75 Å². The number of fused-ring (bicyclic) bond motifs is 1. The minimum Gasteiger partial charge on any atom is -0.469 e. The molecule has 0 radical (unpaired) electrons. The summed E-state index contributed by atoms with van der Waals surface area (Å²) in [4.78, 5) is 31.5. The molecule has 0 aliphatic carbocycles. The van der Waals surface area contributed by atoms with E-state index in [0.717, 1.165) is 49.3 Å². The third-order valence-corrected chi connectivity index (χ3v) is 7.36. The number of piperidine rings is 1. The van der Waals surface area contributed by atoms with Gasteiger partial charge in [-0.3, -0.25) is 9.59 Å². The van der Waals surface area contributed by atoms with E-state index >= 15 is 0 Å². The summed E-state index contributed by atoms with van der Waals surface area (Å²) >= 11 is 0. The van der Waals surface area contributed by atoms with Crippen LogP contribution in [0.25, 0.3) is 0 Å². The van der Waals surface area contributed by atoms with Gasteiger partial charge in [-0.05, 0) is 79.7 Å². The molecular weight excluding hydrogens is 499 g/mol. The number of esters is 1. The molecule has 38 heavy (non-hydrogen) atoms. The zero-order valence-corrected chi connectivity index (χ0v) is 21.6. The van der Waals surface area contributed by atoms with Crippen molar-refractivity contribution in [2.75, 3.05) is 32.1 Å². The lowest BCUT2D eigenvalue weighted by Gasteiger charge is -2.34. The average Bonchev–Trinajstić information content (AvgIpc) is 2.91. The van der Waals surface area contributed by atoms with Gasteiger partial charge in [0, 0.05) is 31.7 Å². The minimum atomic E-state index is -4.76. The third-order valence-electron chi connectivity index (χ3n) is 7.36. The lowest BCUT2D eigenvalue weighted by Crippen LogP contribution is -2.39. The number of hydrogen-bond acceptors (Lipinski definition) is 6. The molecule has 2 aromatic rings. The molecule has 0 bridgehead atoms. The average molecular weight is 534 g/mol. The van der Waals surface area contributed by atoms with Gasteiger partial charge in [0.05, 0.1) is 13.5 Å². The molecule has 0 spiro atoms. The molecule has 1 aromatic heterocycles. The van der Waals surface area contributed by atoms with Gasteiger partial charge in [-0.1, -0.05) is 18.2 Å². The van der Waals surface area contributed by atoms with Crippen molar-refractivity contribution >= 4 is 17.7 Å². The Labute approximate surface area is 220 Å². The number of anilines is 1. The minimum absolute atomic E-state index is 0.113. The Kier molecular flexibility index (Phi) is 9.12. The number of pyridine rings is 1. The largest absolute Gasteiger partial charge is 0.573 e. The van der Waals surface area contributed by atoms with Gasteiger partial charge in [-0.25, -0.2) is 4.98 Å². The number of methoxy groups -OCH3 is 1. The predicted molar refractivity (Wildman–Crippen MR) is 136 cm³/mol. The standard InChI is InChI=1S/C28H34F3N3O4/c1-37-26(36)18-22(20-5-9-24(10-6-20)38-28(29,30)31)17-19-12-15-34(16-13-19)25(35)11-8-23-7-4-21-3-2-14-32-27(21)33-23/h4-7,9-10,19,22H,2-3,8,11-18H2,1H3,(H,32,33). The van der Waals surface area contributed by atoms with E-state index in [2.05, 4.69) is 21.1 Å². The summed E-state index contributed by atoms with van der Waals surface area (Å²) in [5.74, 6) is 0.468. The Balaban J connectivity index is 1.28. The number of halogens is 3. The van der Waals surface area contributed by atoms with Crippen LogP contribution in [0.4, 0.5) is 19.0 Å². The molecule has 1 N–H and O–H groups in total. The first-order valence-electron chi connectivity index (χ1n) is 13.1. The molecule has 1 aromatic carbocycles.